The van der Waals surface area contributed by atoms with E-state index >= 15 is 0 Å². The van der Waals surface area contributed by atoms with Crippen LogP contribution in [0, 0.1) is 5.41 Å². The summed E-state index contributed by atoms with van der Waals surface area (Å²) in [7, 11) is 0. The number of anilines is 1. The molecule has 4 heteroatoms. The maximum Gasteiger partial charge on any atom is 0.132 e. The van der Waals surface area contributed by atoms with Gasteiger partial charge in [0, 0.05) is 23.8 Å². The summed E-state index contributed by atoms with van der Waals surface area (Å²) < 4.78 is 0. The van der Waals surface area contributed by atoms with E-state index in [0.29, 0.717) is 11.5 Å². The van der Waals surface area contributed by atoms with E-state index in [9.17, 15) is 0 Å². The van der Waals surface area contributed by atoms with Crippen LogP contribution >= 0.6 is 0 Å². The van der Waals surface area contributed by atoms with E-state index in [-0.39, 0.29) is 0 Å². The van der Waals surface area contributed by atoms with Crippen LogP contribution < -0.4 is 10.6 Å². The van der Waals surface area contributed by atoms with Crippen molar-refractivity contribution in [3.05, 3.63) is 17.6 Å². The van der Waals surface area contributed by atoms with Gasteiger partial charge in [0.1, 0.15) is 12.1 Å². The lowest BCUT2D eigenvalue weighted by Crippen LogP contribution is -2.50. The second-order valence-corrected chi connectivity index (χ2v) is 6.48. The average molecular weight is 260 g/mol. The summed E-state index contributed by atoms with van der Waals surface area (Å²) in [4.78, 5) is 8.81. The smallest absolute Gasteiger partial charge is 0.132 e. The minimum Gasteiger partial charge on any atom is -0.368 e. The molecule has 4 nitrogen and oxygen atoms in total. The Balaban J connectivity index is 1.68. The fourth-order valence-corrected chi connectivity index (χ4v) is 3.33. The molecule has 1 unspecified atom stereocenters. The standard InChI is InChI=1S/C15H24N4/c1-15(2)7-4-8-16-13(15)9-17-14-11-5-3-6-12(11)18-10-19-14/h10,13,16H,3-9H2,1-2H3,(H,17,18,19). The van der Waals surface area contributed by atoms with Crippen molar-refractivity contribution in [2.75, 3.05) is 18.4 Å². The van der Waals surface area contributed by atoms with Gasteiger partial charge in [-0.25, -0.2) is 9.97 Å². The van der Waals surface area contributed by atoms with E-state index in [1.165, 1.54) is 30.5 Å². The molecule has 1 aromatic rings. The molecule has 1 saturated heterocycles. The maximum absolute atomic E-state index is 4.43. The van der Waals surface area contributed by atoms with Gasteiger partial charge in [-0.05, 0) is 44.1 Å². The van der Waals surface area contributed by atoms with Gasteiger partial charge >= 0.3 is 0 Å². The molecular formula is C15H24N4. The first-order valence-electron chi connectivity index (χ1n) is 7.47. The van der Waals surface area contributed by atoms with Crippen molar-refractivity contribution in [3.63, 3.8) is 0 Å². The predicted molar refractivity (Wildman–Crippen MR) is 77.4 cm³/mol. The topological polar surface area (TPSA) is 49.8 Å². The number of hydrogen-bond donors (Lipinski definition) is 2. The van der Waals surface area contributed by atoms with Crippen LogP contribution in [-0.2, 0) is 12.8 Å². The van der Waals surface area contributed by atoms with Crippen LogP contribution in [0.5, 0.6) is 0 Å². The van der Waals surface area contributed by atoms with Gasteiger partial charge in [0.25, 0.3) is 0 Å². The Morgan fingerprint density at radius 2 is 2.21 bits per heavy atom. The summed E-state index contributed by atoms with van der Waals surface area (Å²) in [5.74, 6) is 1.06. The highest BCUT2D eigenvalue weighted by Crippen LogP contribution is 2.31. The molecule has 1 fully saturated rings. The highest BCUT2D eigenvalue weighted by atomic mass is 15.1. The van der Waals surface area contributed by atoms with Crippen LogP contribution in [0.15, 0.2) is 6.33 Å². The third-order valence-corrected chi connectivity index (χ3v) is 4.68. The fourth-order valence-electron chi connectivity index (χ4n) is 3.33. The number of nitrogens with zero attached hydrogens (tertiary/aromatic N) is 2. The van der Waals surface area contributed by atoms with E-state index < -0.39 is 0 Å². The molecular weight excluding hydrogens is 236 g/mol. The zero-order valence-electron chi connectivity index (χ0n) is 12.0. The Morgan fingerprint density at radius 3 is 3.05 bits per heavy atom. The van der Waals surface area contributed by atoms with Crippen molar-refractivity contribution >= 4 is 5.82 Å². The largest absolute Gasteiger partial charge is 0.368 e. The minimum atomic E-state index is 0.363. The number of rotatable bonds is 3. The molecule has 2 aliphatic rings. The molecule has 1 aliphatic heterocycles. The molecule has 0 amide bonds. The summed E-state index contributed by atoms with van der Waals surface area (Å²) in [6.07, 6.45) is 7.74. The maximum atomic E-state index is 4.43. The lowest BCUT2D eigenvalue weighted by Gasteiger charge is -2.39. The fraction of sp³-hybridized carbons (Fsp3) is 0.733. The number of nitrogens with one attached hydrogen (secondary N) is 2. The Kier molecular flexibility index (Phi) is 3.44. The second-order valence-electron chi connectivity index (χ2n) is 6.48. The number of aromatic nitrogens is 2. The van der Waals surface area contributed by atoms with Gasteiger partial charge < -0.3 is 10.6 Å². The molecule has 1 atom stereocenters. The van der Waals surface area contributed by atoms with E-state index in [1.807, 2.05) is 0 Å². The summed E-state index contributed by atoms with van der Waals surface area (Å²) in [6, 6.07) is 0.522. The van der Waals surface area contributed by atoms with Gasteiger partial charge in [0.2, 0.25) is 0 Å². The van der Waals surface area contributed by atoms with Gasteiger partial charge in [-0.2, -0.15) is 0 Å². The van der Waals surface area contributed by atoms with Gasteiger partial charge in [0.05, 0.1) is 0 Å². The van der Waals surface area contributed by atoms with E-state index in [4.69, 9.17) is 0 Å². The molecule has 104 valence electrons. The lowest BCUT2D eigenvalue weighted by atomic mass is 9.77. The van der Waals surface area contributed by atoms with Crippen molar-refractivity contribution in [1.29, 1.82) is 0 Å². The van der Waals surface area contributed by atoms with Crippen molar-refractivity contribution < 1.29 is 0 Å². The Hall–Kier alpha value is -1.16. The van der Waals surface area contributed by atoms with Crippen molar-refractivity contribution in [2.24, 2.45) is 5.41 Å². The molecule has 3 rings (SSSR count). The molecule has 1 aliphatic carbocycles. The van der Waals surface area contributed by atoms with E-state index in [0.717, 1.165) is 31.7 Å². The third-order valence-electron chi connectivity index (χ3n) is 4.68. The molecule has 0 aromatic carbocycles. The third kappa shape index (κ3) is 2.59. The van der Waals surface area contributed by atoms with Crippen molar-refractivity contribution in [1.82, 2.24) is 15.3 Å². The van der Waals surface area contributed by atoms with Gasteiger partial charge in [-0.3, -0.25) is 0 Å². The molecule has 0 bridgehead atoms. The van der Waals surface area contributed by atoms with Gasteiger partial charge in [-0.1, -0.05) is 13.8 Å². The monoisotopic (exact) mass is 260 g/mol. The highest BCUT2D eigenvalue weighted by molar-refractivity contribution is 5.48. The van der Waals surface area contributed by atoms with Gasteiger partial charge in [0.15, 0.2) is 0 Å². The van der Waals surface area contributed by atoms with Crippen LogP contribution in [0.4, 0.5) is 5.82 Å². The van der Waals surface area contributed by atoms with Crippen LogP contribution in [0.1, 0.15) is 44.4 Å². The van der Waals surface area contributed by atoms with E-state index in [1.54, 1.807) is 6.33 Å². The predicted octanol–water partition coefficient (Wildman–Crippen LogP) is 2.16. The summed E-state index contributed by atoms with van der Waals surface area (Å²) >= 11 is 0. The molecule has 2 N–H and O–H groups in total. The van der Waals surface area contributed by atoms with E-state index in [2.05, 4.69) is 34.4 Å². The zero-order valence-corrected chi connectivity index (χ0v) is 12.0. The Morgan fingerprint density at radius 1 is 1.32 bits per heavy atom. The van der Waals surface area contributed by atoms with Crippen LogP contribution in [0.2, 0.25) is 0 Å². The first-order valence-corrected chi connectivity index (χ1v) is 7.47. The lowest BCUT2D eigenvalue weighted by molar-refractivity contribution is 0.188. The first-order chi connectivity index (χ1) is 9.17. The van der Waals surface area contributed by atoms with Crippen molar-refractivity contribution in [3.8, 4) is 0 Å². The summed E-state index contributed by atoms with van der Waals surface area (Å²) in [6.45, 7) is 6.81. The van der Waals surface area contributed by atoms with Crippen LogP contribution in [0.25, 0.3) is 0 Å². The molecule has 2 heterocycles. The second kappa shape index (κ2) is 5.08. The first kappa shape index (κ1) is 12.9. The quantitative estimate of drug-likeness (QED) is 0.874. The Labute approximate surface area is 115 Å². The molecule has 1 aromatic heterocycles. The summed E-state index contributed by atoms with van der Waals surface area (Å²) in [5, 5.41) is 7.20. The minimum absolute atomic E-state index is 0.363. The number of hydrogen-bond acceptors (Lipinski definition) is 4. The van der Waals surface area contributed by atoms with Crippen LogP contribution in [0.3, 0.4) is 0 Å². The SMILES string of the molecule is CC1(C)CCCNC1CNc1ncnc2c1CCC2. The molecule has 0 spiro atoms. The normalized spacial score (nSPS) is 25.1. The average Bonchev–Trinajstić information content (AvgIpc) is 2.86. The molecule has 0 radical (unpaired) electrons. The summed E-state index contributed by atoms with van der Waals surface area (Å²) in [5.41, 5.74) is 2.95. The number of aryl methyl sites for hydroxylation is 1. The number of fused-ring (bicyclic) bond motifs is 1. The Bertz CT molecular complexity index is 455. The van der Waals surface area contributed by atoms with Crippen LogP contribution in [-0.4, -0.2) is 29.1 Å². The highest BCUT2D eigenvalue weighted by Gasteiger charge is 2.31. The molecule has 0 saturated carbocycles. The molecule has 19 heavy (non-hydrogen) atoms. The number of piperidine rings is 1. The van der Waals surface area contributed by atoms with Gasteiger partial charge in [-0.15, -0.1) is 0 Å². The van der Waals surface area contributed by atoms with Crippen molar-refractivity contribution in [2.45, 2.75) is 52.0 Å². The zero-order chi connectivity index (χ0) is 13.3.